The van der Waals surface area contributed by atoms with Gasteiger partial charge in [-0.15, -0.1) is 11.6 Å². The minimum atomic E-state index is -0.504. The molecular formula is C11H13ClO3. The summed E-state index contributed by atoms with van der Waals surface area (Å²) >= 11 is 5.51. The predicted octanol–water partition coefficient (Wildman–Crippen LogP) is 1.87. The molecule has 0 heterocycles. The van der Waals surface area contributed by atoms with Gasteiger partial charge in [-0.05, 0) is 18.6 Å². The van der Waals surface area contributed by atoms with Crippen LogP contribution in [0, 0.1) is 0 Å². The molecule has 0 amide bonds. The number of aliphatic hydroxyl groups is 1. The lowest BCUT2D eigenvalue weighted by Crippen LogP contribution is -2.08. The summed E-state index contributed by atoms with van der Waals surface area (Å²) in [4.78, 5) is 11.3. The Labute approximate surface area is 93.6 Å². The van der Waals surface area contributed by atoms with E-state index in [1.54, 1.807) is 24.3 Å². The standard InChI is InChI=1S/C11H13ClO3/c12-6-3-7-15-11-5-2-1-4-9(11)10(14)8-13/h1-2,4-5,13H,3,6-8H2. The van der Waals surface area contributed by atoms with Crippen molar-refractivity contribution in [3.8, 4) is 5.75 Å². The van der Waals surface area contributed by atoms with Gasteiger partial charge in [0.05, 0.1) is 12.2 Å². The SMILES string of the molecule is O=C(CO)c1ccccc1OCCCCl. The van der Waals surface area contributed by atoms with E-state index < -0.39 is 6.61 Å². The number of aliphatic hydroxyl groups excluding tert-OH is 1. The molecule has 0 bridgehead atoms. The van der Waals surface area contributed by atoms with E-state index in [1.807, 2.05) is 0 Å². The summed E-state index contributed by atoms with van der Waals surface area (Å²) in [5.74, 6) is 0.689. The van der Waals surface area contributed by atoms with Crippen LogP contribution in [0.4, 0.5) is 0 Å². The fraction of sp³-hybridized carbons (Fsp3) is 0.364. The zero-order chi connectivity index (χ0) is 11.1. The molecule has 0 saturated carbocycles. The first-order valence-electron chi connectivity index (χ1n) is 4.71. The van der Waals surface area contributed by atoms with Gasteiger partial charge in [0.25, 0.3) is 0 Å². The van der Waals surface area contributed by atoms with Crippen LogP contribution in [0.5, 0.6) is 5.75 Å². The summed E-state index contributed by atoms with van der Waals surface area (Å²) in [5, 5.41) is 8.76. The molecule has 15 heavy (non-hydrogen) atoms. The molecule has 1 rings (SSSR count). The number of halogens is 1. The zero-order valence-electron chi connectivity index (χ0n) is 8.28. The lowest BCUT2D eigenvalue weighted by molar-refractivity contribution is 0.0899. The average Bonchev–Trinajstić information content (AvgIpc) is 2.29. The second-order valence-electron chi connectivity index (χ2n) is 2.97. The Morgan fingerprint density at radius 2 is 2.13 bits per heavy atom. The Kier molecular flexibility index (Phi) is 5.15. The normalized spacial score (nSPS) is 10.0. The summed E-state index contributed by atoms with van der Waals surface area (Å²) in [6.45, 7) is -0.0326. The van der Waals surface area contributed by atoms with Crippen LogP contribution in [0.15, 0.2) is 24.3 Å². The van der Waals surface area contributed by atoms with Crippen molar-refractivity contribution in [1.29, 1.82) is 0 Å². The molecule has 1 aromatic carbocycles. The first kappa shape index (κ1) is 12.0. The quantitative estimate of drug-likeness (QED) is 0.459. The summed E-state index contributed by atoms with van der Waals surface area (Å²) in [7, 11) is 0. The van der Waals surface area contributed by atoms with E-state index in [0.29, 0.717) is 23.8 Å². The summed E-state index contributed by atoms with van der Waals surface area (Å²) < 4.78 is 5.38. The van der Waals surface area contributed by atoms with E-state index in [9.17, 15) is 4.79 Å². The van der Waals surface area contributed by atoms with Gasteiger partial charge in [-0.2, -0.15) is 0 Å². The van der Waals surface area contributed by atoms with E-state index in [1.165, 1.54) is 0 Å². The molecule has 0 aliphatic rings. The van der Waals surface area contributed by atoms with Crippen molar-refractivity contribution < 1.29 is 14.6 Å². The van der Waals surface area contributed by atoms with Crippen molar-refractivity contribution in [3.63, 3.8) is 0 Å². The van der Waals surface area contributed by atoms with Crippen LogP contribution in [0.1, 0.15) is 16.8 Å². The highest BCUT2D eigenvalue weighted by Crippen LogP contribution is 2.18. The molecule has 4 heteroatoms. The van der Waals surface area contributed by atoms with Gasteiger partial charge in [0.2, 0.25) is 0 Å². The van der Waals surface area contributed by atoms with E-state index in [2.05, 4.69) is 0 Å². The van der Waals surface area contributed by atoms with Gasteiger partial charge >= 0.3 is 0 Å². The molecule has 3 nitrogen and oxygen atoms in total. The van der Waals surface area contributed by atoms with Crippen LogP contribution in [-0.4, -0.2) is 30.0 Å². The molecule has 0 fully saturated rings. The van der Waals surface area contributed by atoms with Gasteiger partial charge in [-0.1, -0.05) is 12.1 Å². The molecule has 0 saturated heterocycles. The molecule has 0 aliphatic carbocycles. The Balaban J connectivity index is 2.73. The number of alkyl halides is 1. The monoisotopic (exact) mass is 228 g/mol. The lowest BCUT2D eigenvalue weighted by atomic mass is 10.1. The van der Waals surface area contributed by atoms with Crippen molar-refractivity contribution in [2.45, 2.75) is 6.42 Å². The molecule has 0 unspecified atom stereocenters. The van der Waals surface area contributed by atoms with Crippen molar-refractivity contribution >= 4 is 17.4 Å². The third-order valence-corrected chi connectivity index (χ3v) is 2.13. The number of hydrogen-bond acceptors (Lipinski definition) is 3. The van der Waals surface area contributed by atoms with Gasteiger partial charge in [0, 0.05) is 5.88 Å². The lowest BCUT2D eigenvalue weighted by Gasteiger charge is -2.08. The predicted molar refractivity (Wildman–Crippen MR) is 58.7 cm³/mol. The Bertz CT molecular complexity index is 325. The second-order valence-corrected chi connectivity index (χ2v) is 3.35. The first-order valence-corrected chi connectivity index (χ1v) is 5.25. The van der Waals surface area contributed by atoms with Crippen LogP contribution < -0.4 is 4.74 Å². The highest BCUT2D eigenvalue weighted by Gasteiger charge is 2.10. The number of benzene rings is 1. The molecule has 0 aliphatic heterocycles. The maximum Gasteiger partial charge on any atom is 0.191 e. The molecule has 0 atom stereocenters. The number of rotatable bonds is 6. The molecule has 1 aromatic rings. The number of ketones is 1. The third-order valence-electron chi connectivity index (χ3n) is 1.87. The Hall–Kier alpha value is -1.06. The van der Waals surface area contributed by atoms with Crippen molar-refractivity contribution in [3.05, 3.63) is 29.8 Å². The summed E-state index contributed by atoms with van der Waals surface area (Å²) in [6, 6.07) is 6.85. The van der Waals surface area contributed by atoms with Crippen LogP contribution in [0.3, 0.4) is 0 Å². The maximum atomic E-state index is 11.3. The number of Topliss-reactive ketones (excluding diaryl/α,β-unsaturated/α-hetero) is 1. The van der Waals surface area contributed by atoms with E-state index in [0.717, 1.165) is 6.42 Å². The van der Waals surface area contributed by atoms with Crippen molar-refractivity contribution in [2.24, 2.45) is 0 Å². The highest BCUT2D eigenvalue weighted by atomic mass is 35.5. The minimum Gasteiger partial charge on any atom is -0.493 e. The number of carbonyl (C=O) groups is 1. The number of para-hydroxylation sites is 1. The van der Waals surface area contributed by atoms with Crippen LogP contribution in [-0.2, 0) is 0 Å². The Morgan fingerprint density at radius 1 is 1.40 bits per heavy atom. The average molecular weight is 229 g/mol. The van der Waals surface area contributed by atoms with Gasteiger partial charge in [0.15, 0.2) is 5.78 Å². The van der Waals surface area contributed by atoms with Gasteiger partial charge in [-0.25, -0.2) is 0 Å². The number of ether oxygens (including phenoxy) is 1. The molecular weight excluding hydrogens is 216 g/mol. The van der Waals surface area contributed by atoms with Crippen molar-refractivity contribution in [1.82, 2.24) is 0 Å². The van der Waals surface area contributed by atoms with Gasteiger partial charge in [-0.3, -0.25) is 4.79 Å². The number of hydrogen-bond donors (Lipinski definition) is 1. The summed E-state index contributed by atoms with van der Waals surface area (Å²) in [5.41, 5.74) is 0.412. The molecule has 82 valence electrons. The number of carbonyl (C=O) groups excluding carboxylic acids is 1. The van der Waals surface area contributed by atoms with E-state index in [-0.39, 0.29) is 5.78 Å². The molecule has 0 aromatic heterocycles. The fourth-order valence-electron chi connectivity index (χ4n) is 1.14. The topological polar surface area (TPSA) is 46.5 Å². The first-order chi connectivity index (χ1) is 7.29. The molecule has 0 radical (unpaired) electrons. The molecule has 1 N–H and O–H groups in total. The molecule has 0 spiro atoms. The second kappa shape index (κ2) is 6.43. The van der Waals surface area contributed by atoms with Gasteiger partial charge in [0.1, 0.15) is 12.4 Å². The minimum absolute atomic E-state index is 0.337. The van der Waals surface area contributed by atoms with Crippen molar-refractivity contribution in [2.75, 3.05) is 19.1 Å². The van der Waals surface area contributed by atoms with Crippen LogP contribution in [0.25, 0.3) is 0 Å². The maximum absolute atomic E-state index is 11.3. The van der Waals surface area contributed by atoms with Gasteiger partial charge < -0.3 is 9.84 Å². The van der Waals surface area contributed by atoms with Crippen LogP contribution in [0.2, 0.25) is 0 Å². The van der Waals surface area contributed by atoms with E-state index >= 15 is 0 Å². The Morgan fingerprint density at radius 3 is 2.80 bits per heavy atom. The highest BCUT2D eigenvalue weighted by molar-refractivity contribution is 6.17. The van der Waals surface area contributed by atoms with E-state index in [4.69, 9.17) is 21.4 Å². The zero-order valence-corrected chi connectivity index (χ0v) is 9.04. The smallest absolute Gasteiger partial charge is 0.191 e. The fourth-order valence-corrected chi connectivity index (χ4v) is 1.25. The summed E-state index contributed by atoms with van der Waals surface area (Å²) in [6.07, 6.45) is 0.725. The largest absolute Gasteiger partial charge is 0.493 e. The van der Waals surface area contributed by atoms with Crippen LogP contribution >= 0.6 is 11.6 Å². The third kappa shape index (κ3) is 3.53.